The summed E-state index contributed by atoms with van der Waals surface area (Å²) in [6.45, 7) is 5.09. The Kier molecular flexibility index (Phi) is 3.76. The maximum Gasteiger partial charge on any atom is 0.125 e. The quantitative estimate of drug-likeness (QED) is 0.790. The summed E-state index contributed by atoms with van der Waals surface area (Å²) in [6.07, 6.45) is 3.80. The molecule has 0 saturated heterocycles. The van der Waals surface area contributed by atoms with Gasteiger partial charge < -0.3 is 5.32 Å². The Bertz CT molecular complexity index is 713. The van der Waals surface area contributed by atoms with Crippen LogP contribution >= 0.6 is 11.3 Å². The highest BCUT2D eigenvalue weighted by atomic mass is 32.1. The molecule has 0 bridgehead atoms. The van der Waals surface area contributed by atoms with Gasteiger partial charge in [-0.2, -0.15) is 0 Å². The van der Waals surface area contributed by atoms with Crippen molar-refractivity contribution in [2.75, 3.05) is 0 Å². The average Bonchev–Trinajstić information content (AvgIpc) is 2.93. The summed E-state index contributed by atoms with van der Waals surface area (Å²) in [5.41, 5.74) is 2.20. The molecule has 0 aliphatic rings. The Morgan fingerprint density at radius 2 is 2.05 bits per heavy atom. The van der Waals surface area contributed by atoms with E-state index in [9.17, 15) is 0 Å². The van der Waals surface area contributed by atoms with Crippen LogP contribution in [-0.2, 0) is 6.54 Å². The molecule has 102 valence electrons. The third-order valence-electron chi connectivity index (χ3n) is 3.14. The van der Waals surface area contributed by atoms with Crippen molar-refractivity contribution in [3.63, 3.8) is 0 Å². The van der Waals surface area contributed by atoms with Crippen LogP contribution in [0.4, 0.5) is 0 Å². The van der Waals surface area contributed by atoms with Gasteiger partial charge >= 0.3 is 0 Å². The normalized spacial score (nSPS) is 11.3. The molecule has 0 atom stereocenters. The molecule has 0 saturated carbocycles. The van der Waals surface area contributed by atoms with E-state index in [-0.39, 0.29) is 0 Å². The molecular formula is C16H17N3S. The number of rotatable bonds is 4. The van der Waals surface area contributed by atoms with Crippen LogP contribution in [0.3, 0.4) is 0 Å². The highest BCUT2D eigenvalue weighted by molar-refractivity contribution is 7.13. The van der Waals surface area contributed by atoms with E-state index in [2.05, 4.69) is 47.7 Å². The highest BCUT2D eigenvalue weighted by Crippen LogP contribution is 2.29. The zero-order chi connectivity index (χ0) is 13.9. The summed E-state index contributed by atoms with van der Waals surface area (Å²) in [5, 5.41) is 8.91. The van der Waals surface area contributed by atoms with Crippen LogP contribution in [0, 0.1) is 0 Å². The summed E-state index contributed by atoms with van der Waals surface area (Å²) in [7, 11) is 0. The molecule has 2 heterocycles. The van der Waals surface area contributed by atoms with E-state index < -0.39 is 0 Å². The topological polar surface area (TPSA) is 37.8 Å². The predicted molar refractivity (Wildman–Crippen MR) is 84.8 cm³/mol. The van der Waals surface area contributed by atoms with E-state index in [0.29, 0.717) is 6.04 Å². The number of benzene rings is 1. The minimum absolute atomic E-state index is 0.472. The maximum atomic E-state index is 4.72. The van der Waals surface area contributed by atoms with Gasteiger partial charge in [0.25, 0.3) is 0 Å². The molecule has 4 heteroatoms. The summed E-state index contributed by atoms with van der Waals surface area (Å²) in [4.78, 5) is 9.04. The molecule has 0 spiro atoms. The van der Waals surface area contributed by atoms with E-state index >= 15 is 0 Å². The fourth-order valence-corrected chi connectivity index (χ4v) is 2.95. The maximum absolute atomic E-state index is 4.72. The predicted octanol–water partition coefficient (Wildman–Crippen LogP) is 3.86. The van der Waals surface area contributed by atoms with Gasteiger partial charge in [-0.05, 0) is 5.39 Å². The molecule has 1 N–H and O–H groups in total. The molecule has 0 aliphatic heterocycles. The van der Waals surface area contributed by atoms with Crippen molar-refractivity contribution in [3.8, 4) is 10.6 Å². The zero-order valence-electron chi connectivity index (χ0n) is 11.6. The summed E-state index contributed by atoms with van der Waals surface area (Å²) >= 11 is 1.68. The first-order valence-electron chi connectivity index (χ1n) is 6.75. The van der Waals surface area contributed by atoms with E-state index in [0.717, 1.165) is 28.2 Å². The third kappa shape index (κ3) is 2.71. The lowest BCUT2D eigenvalue weighted by atomic mass is 10.1. The molecule has 3 nitrogen and oxygen atoms in total. The van der Waals surface area contributed by atoms with Crippen molar-refractivity contribution in [3.05, 3.63) is 47.7 Å². The van der Waals surface area contributed by atoms with Crippen molar-refractivity contribution in [1.29, 1.82) is 0 Å². The number of hydrogen-bond donors (Lipinski definition) is 1. The van der Waals surface area contributed by atoms with Crippen molar-refractivity contribution in [1.82, 2.24) is 15.3 Å². The van der Waals surface area contributed by atoms with Gasteiger partial charge in [-0.3, -0.25) is 4.98 Å². The number of aromatic nitrogens is 2. The summed E-state index contributed by atoms with van der Waals surface area (Å²) < 4.78 is 0. The van der Waals surface area contributed by atoms with Gasteiger partial charge in [0, 0.05) is 41.3 Å². The van der Waals surface area contributed by atoms with Gasteiger partial charge in [0.2, 0.25) is 0 Å². The van der Waals surface area contributed by atoms with Crippen LogP contribution in [0.2, 0.25) is 0 Å². The second-order valence-electron chi connectivity index (χ2n) is 5.09. The zero-order valence-corrected chi connectivity index (χ0v) is 12.4. The summed E-state index contributed by atoms with van der Waals surface area (Å²) in [6, 6.07) is 8.77. The molecule has 3 rings (SSSR count). The Labute approximate surface area is 122 Å². The molecule has 0 aliphatic carbocycles. The Morgan fingerprint density at radius 3 is 2.90 bits per heavy atom. The van der Waals surface area contributed by atoms with Crippen molar-refractivity contribution in [2.45, 2.75) is 26.4 Å². The molecule has 0 amide bonds. The smallest absolute Gasteiger partial charge is 0.125 e. The SMILES string of the molecule is CC(C)NCc1csc(-c2cncc3ccccc23)n1. The Morgan fingerprint density at radius 1 is 1.20 bits per heavy atom. The third-order valence-corrected chi connectivity index (χ3v) is 4.07. The van der Waals surface area contributed by atoms with E-state index in [1.807, 2.05) is 18.5 Å². The fraction of sp³-hybridized carbons (Fsp3) is 0.250. The van der Waals surface area contributed by atoms with Crippen molar-refractivity contribution in [2.24, 2.45) is 0 Å². The minimum atomic E-state index is 0.472. The first-order valence-corrected chi connectivity index (χ1v) is 7.63. The molecule has 0 unspecified atom stereocenters. The van der Waals surface area contributed by atoms with Crippen LogP contribution < -0.4 is 5.32 Å². The molecule has 20 heavy (non-hydrogen) atoms. The van der Waals surface area contributed by atoms with Crippen LogP contribution in [0.15, 0.2) is 42.0 Å². The minimum Gasteiger partial charge on any atom is -0.309 e. The monoisotopic (exact) mass is 283 g/mol. The number of thiazole rings is 1. The molecule has 2 aromatic heterocycles. The van der Waals surface area contributed by atoms with E-state index in [4.69, 9.17) is 4.98 Å². The van der Waals surface area contributed by atoms with Gasteiger partial charge in [-0.25, -0.2) is 4.98 Å². The molecule has 0 radical (unpaired) electrons. The lowest BCUT2D eigenvalue weighted by Gasteiger charge is -2.05. The lowest BCUT2D eigenvalue weighted by Crippen LogP contribution is -2.21. The lowest BCUT2D eigenvalue weighted by molar-refractivity contribution is 0.583. The van der Waals surface area contributed by atoms with Crippen LogP contribution in [0.25, 0.3) is 21.3 Å². The number of pyridine rings is 1. The molecule has 0 fully saturated rings. The van der Waals surface area contributed by atoms with Crippen molar-refractivity contribution < 1.29 is 0 Å². The first kappa shape index (κ1) is 13.2. The molecule has 1 aromatic carbocycles. The number of nitrogens with one attached hydrogen (secondary N) is 1. The molecule has 3 aromatic rings. The molecular weight excluding hydrogens is 266 g/mol. The van der Waals surface area contributed by atoms with Crippen LogP contribution in [-0.4, -0.2) is 16.0 Å². The number of fused-ring (bicyclic) bond motifs is 1. The fourth-order valence-electron chi connectivity index (χ4n) is 2.11. The van der Waals surface area contributed by atoms with Gasteiger partial charge in [0.15, 0.2) is 0 Å². The van der Waals surface area contributed by atoms with Crippen molar-refractivity contribution >= 4 is 22.1 Å². The Hall–Kier alpha value is -1.78. The van der Waals surface area contributed by atoms with Gasteiger partial charge in [0.05, 0.1) is 5.69 Å². The van der Waals surface area contributed by atoms with Crippen LogP contribution in [0.1, 0.15) is 19.5 Å². The van der Waals surface area contributed by atoms with Gasteiger partial charge in [-0.15, -0.1) is 11.3 Å². The Balaban J connectivity index is 1.95. The van der Waals surface area contributed by atoms with E-state index in [1.165, 1.54) is 5.39 Å². The van der Waals surface area contributed by atoms with Gasteiger partial charge in [-0.1, -0.05) is 38.1 Å². The first-order chi connectivity index (χ1) is 9.74. The second-order valence-corrected chi connectivity index (χ2v) is 5.95. The standard InChI is InChI=1S/C16H17N3S/c1-11(2)18-8-13-10-20-16(19-13)15-9-17-7-12-5-3-4-6-14(12)15/h3-7,9-11,18H,8H2,1-2H3. The number of hydrogen-bond acceptors (Lipinski definition) is 4. The van der Waals surface area contributed by atoms with Crippen LogP contribution in [0.5, 0.6) is 0 Å². The highest BCUT2D eigenvalue weighted by Gasteiger charge is 2.09. The largest absolute Gasteiger partial charge is 0.309 e. The second kappa shape index (κ2) is 5.69. The summed E-state index contributed by atoms with van der Waals surface area (Å²) in [5.74, 6) is 0. The average molecular weight is 283 g/mol. The number of nitrogens with zero attached hydrogens (tertiary/aromatic N) is 2. The van der Waals surface area contributed by atoms with Gasteiger partial charge in [0.1, 0.15) is 5.01 Å². The van der Waals surface area contributed by atoms with E-state index in [1.54, 1.807) is 11.3 Å².